The summed E-state index contributed by atoms with van der Waals surface area (Å²) >= 11 is 1.52. The van der Waals surface area contributed by atoms with Gasteiger partial charge >= 0.3 is 0 Å². The van der Waals surface area contributed by atoms with Crippen LogP contribution in [0.1, 0.15) is 40.7 Å². The number of anilines is 1. The quantitative estimate of drug-likeness (QED) is 0.659. The van der Waals surface area contributed by atoms with E-state index in [1.807, 2.05) is 25.1 Å². The standard InChI is InChI=1S/C21H23N3O3S/c1-2-16-6-5-15(13-22-16)20(25)24-21-23-19(17-4-3-9-27-17)18(28-21)12-14-7-10-26-11-8-14/h3-6,9,13-14H,2,7-8,10-12H2,1H3,(H,23,24,25). The predicted octanol–water partition coefficient (Wildman–Crippen LogP) is 4.58. The fourth-order valence-corrected chi connectivity index (χ4v) is 4.38. The lowest BCUT2D eigenvalue weighted by molar-refractivity contribution is 0.0667. The number of amides is 1. The van der Waals surface area contributed by atoms with E-state index in [9.17, 15) is 4.79 Å². The summed E-state index contributed by atoms with van der Waals surface area (Å²) in [5.41, 5.74) is 2.30. The van der Waals surface area contributed by atoms with E-state index in [0.717, 1.165) is 60.9 Å². The Morgan fingerprint density at radius 2 is 2.14 bits per heavy atom. The number of aromatic nitrogens is 2. The van der Waals surface area contributed by atoms with E-state index in [0.29, 0.717) is 16.6 Å². The average Bonchev–Trinajstić information content (AvgIpc) is 3.39. The summed E-state index contributed by atoms with van der Waals surface area (Å²) in [7, 11) is 0. The second kappa shape index (κ2) is 8.67. The molecule has 146 valence electrons. The maximum atomic E-state index is 12.6. The molecule has 1 saturated heterocycles. The molecule has 0 aromatic carbocycles. The van der Waals surface area contributed by atoms with Gasteiger partial charge in [0.05, 0.1) is 11.8 Å². The number of carbonyl (C=O) groups is 1. The van der Waals surface area contributed by atoms with Crippen molar-refractivity contribution in [1.29, 1.82) is 0 Å². The maximum absolute atomic E-state index is 12.6. The first-order valence-corrected chi connectivity index (χ1v) is 10.4. The van der Waals surface area contributed by atoms with E-state index >= 15 is 0 Å². The number of thiazole rings is 1. The fourth-order valence-electron chi connectivity index (χ4n) is 3.30. The lowest BCUT2D eigenvalue weighted by atomic mass is 9.95. The molecule has 1 aliphatic heterocycles. The molecular formula is C21H23N3O3S. The maximum Gasteiger partial charge on any atom is 0.259 e. The molecule has 4 rings (SSSR count). The normalized spacial score (nSPS) is 14.9. The Morgan fingerprint density at radius 1 is 1.29 bits per heavy atom. The van der Waals surface area contributed by atoms with E-state index in [1.165, 1.54) is 11.3 Å². The number of furan rings is 1. The molecule has 4 heterocycles. The zero-order valence-corrected chi connectivity index (χ0v) is 16.6. The van der Waals surface area contributed by atoms with E-state index in [2.05, 4.69) is 15.3 Å². The van der Waals surface area contributed by atoms with E-state index < -0.39 is 0 Å². The highest BCUT2D eigenvalue weighted by molar-refractivity contribution is 7.16. The molecule has 1 N–H and O–H groups in total. The van der Waals surface area contributed by atoms with Crippen molar-refractivity contribution in [3.05, 3.63) is 52.9 Å². The number of hydrogen-bond acceptors (Lipinski definition) is 6. The first-order valence-electron chi connectivity index (χ1n) is 9.60. The molecule has 28 heavy (non-hydrogen) atoms. The van der Waals surface area contributed by atoms with Crippen molar-refractivity contribution in [2.24, 2.45) is 5.92 Å². The summed E-state index contributed by atoms with van der Waals surface area (Å²) in [5.74, 6) is 1.09. The van der Waals surface area contributed by atoms with Crippen LogP contribution in [0.4, 0.5) is 5.13 Å². The third kappa shape index (κ3) is 4.31. The molecule has 1 aliphatic rings. The Hall–Kier alpha value is -2.51. The average molecular weight is 398 g/mol. The van der Waals surface area contributed by atoms with Gasteiger partial charge in [0.15, 0.2) is 10.9 Å². The van der Waals surface area contributed by atoms with Gasteiger partial charge in [0.1, 0.15) is 5.69 Å². The zero-order valence-electron chi connectivity index (χ0n) is 15.8. The molecule has 0 aliphatic carbocycles. The van der Waals surface area contributed by atoms with Crippen LogP contribution >= 0.6 is 11.3 Å². The second-order valence-corrected chi connectivity index (χ2v) is 7.96. The summed E-state index contributed by atoms with van der Waals surface area (Å²) in [6.45, 7) is 3.65. The van der Waals surface area contributed by atoms with Crippen molar-refractivity contribution in [2.45, 2.75) is 32.6 Å². The van der Waals surface area contributed by atoms with Crippen molar-refractivity contribution >= 4 is 22.4 Å². The Kier molecular flexibility index (Phi) is 5.83. The molecule has 7 heteroatoms. The van der Waals surface area contributed by atoms with Gasteiger partial charge in [0.2, 0.25) is 0 Å². The molecular weight excluding hydrogens is 374 g/mol. The molecule has 0 saturated carbocycles. The van der Waals surface area contributed by atoms with Gasteiger partial charge in [-0.1, -0.05) is 6.92 Å². The van der Waals surface area contributed by atoms with Crippen LogP contribution < -0.4 is 5.32 Å². The molecule has 1 fully saturated rings. The van der Waals surface area contributed by atoms with Crippen LogP contribution in [-0.4, -0.2) is 29.1 Å². The largest absolute Gasteiger partial charge is 0.463 e. The Bertz CT molecular complexity index is 913. The van der Waals surface area contributed by atoms with Gasteiger partial charge in [0.25, 0.3) is 5.91 Å². The minimum atomic E-state index is -0.201. The number of ether oxygens (including phenoxy) is 1. The number of carbonyl (C=O) groups excluding carboxylic acids is 1. The van der Waals surface area contributed by atoms with Gasteiger partial charge in [0, 0.05) is 30.0 Å². The topological polar surface area (TPSA) is 77.2 Å². The first kappa shape index (κ1) is 18.8. The van der Waals surface area contributed by atoms with Crippen molar-refractivity contribution in [1.82, 2.24) is 9.97 Å². The van der Waals surface area contributed by atoms with Gasteiger partial charge in [-0.15, -0.1) is 11.3 Å². The summed E-state index contributed by atoms with van der Waals surface area (Å²) < 4.78 is 11.0. The van der Waals surface area contributed by atoms with Crippen LogP contribution in [-0.2, 0) is 17.6 Å². The monoisotopic (exact) mass is 397 g/mol. The third-order valence-corrected chi connectivity index (χ3v) is 5.93. The van der Waals surface area contributed by atoms with E-state index in [1.54, 1.807) is 18.5 Å². The van der Waals surface area contributed by atoms with Crippen molar-refractivity contribution in [3.8, 4) is 11.5 Å². The van der Waals surface area contributed by atoms with Crippen molar-refractivity contribution in [2.75, 3.05) is 18.5 Å². The minimum Gasteiger partial charge on any atom is -0.463 e. The van der Waals surface area contributed by atoms with Crippen LogP contribution in [0.5, 0.6) is 0 Å². The smallest absolute Gasteiger partial charge is 0.259 e. The Balaban J connectivity index is 1.54. The second-order valence-electron chi connectivity index (χ2n) is 6.87. The molecule has 0 unspecified atom stereocenters. The highest BCUT2D eigenvalue weighted by atomic mass is 32.1. The SMILES string of the molecule is CCc1ccc(C(=O)Nc2nc(-c3ccco3)c(CC3CCOCC3)s2)cn1. The Morgan fingerprint density at radius 3 is 2.82 bits per heavy atom. The van der Waals surface area contributed by atoms with Crippen LogP contribution in [0.15, 0.2) is 41.1 Å². The molecule has 3 aromatic rings. The molecule has 3 aromatic heterocycles. The van der Waals surface area contributed by atoms with Gasteiger partial charge in [-0.05, 0) is 55.9 Å². The highest BCUT2D eigenvalue weighted by Crippen LogP contribution is 2.35. The number of nitrogens with zero attached hydrogens (tertiary/aromatic N) is 2. The number of pyridine rings is 1. The highest BCUT2D eigenvalue weighted by Gasteiger charge is 2.22. The summed E-state index contributed by atoms with van der Waals surface area (Å²) in [6, 6.07) is 7.43. The molecule has 0 bridgehead atoms. The Labute approximate surface area is 168 Å². The fraction of sp³-hybridized carbons (Fsp3) is 0.381. The number of rotatable bonds is 6. The molecule has 0 spiro atoms. The van der Waals surface area contributed by atoms with Gasteiger partial charge < -0.3 is 9.15 Å². The molecule has 6 nitrogen and oxygen atoms in total. The zero-order chi connectivity index (χ0) is 19.3. The lowest BCUT2D eigenvalue weighted by Gasteiger charge is -2.21. The predicted molar refractivity (Wildman–Crippen MR) is 109 cm³/mol. The van der Waals surface area contributed by atoms with Crippen molar-refractivity contribution in [3.63, 3.8) is 0 Å². The van der Waals surface area contributed by atoms with Gasteiger partial charge in [-0.25, -0.2) is 4.98 Å². The van der Waals surface area contributed by atoms with Crippen LogP contribution in [0, 0.1) is 5.92 Å². The van der Waals surface area contributed by atoms with Gasteiger partial charge in [-0.2, -0.15) is 0 Å². The number of aryl methyl sites for hydroxylation is 1. The van der Waals surface area contributed by atoms with Crippen LogP contribution in [0.25, 0.3) is 11.5 Å². The minimum absolute atomic E-state index is 0.201. The number of nitrogens with one attached hydrogen (secondary N) is 1. The summed E-state index contributed by atoms with van der Waals surface area (Å²) in [5, 5.41) is 3.50. The van der Waals surface area contributed by atoms with Crippen molar-refractivity contribution < 1.29 is 13.9 Å². The number of hydrogen-bond donors (Lipinski definition) is 1. The molecule has 1 amide bonds. The van der Waals surface area contributed by atoms with Crippen LogP contribution in [0.2, 0.25) is 0 Å². The lowest BCUT2D eigenvalue weighted by Crippen LogP contribution is -2.17. The first-order chi connectivity index (χ1) is 13.7. The van der Waals surface area contributed by atoms with E-state index in [4.69, 9.17) is 9.15 Å². The summed E-state index contributed by atoms with van der Waals surface area (Å²) in [6.07, 6.45) is 7.11. The third-order valence-electron chi connectivity index (χ3n) is 4.94. The van der Waals surface area contributed by atoms with Gasteiger partial charge in [-0.3, -0.25) is 15.1 Å². The molecule has 0 atom stereocenters. The summed E-state index contributed by atoms with van der Waals surface area (Å²) in [4.78, 5) is 22.7. The van der Waals surface area contributed by atoms with Crippen LogP contribution in [0.3, 0.4) is 0 Å². The molecule has 0 radical (unpaired) electrons. The van der Waals surface area contributed by atoms with E-state index in [-0.39, 0.29) is 5.91 Å².